The largest absolute Gasteiger partial charge is 0.453 e. The summed E-state index contributed by atoms with van der Waals surface area (Å²) in [5.74, 6) is -1.36. The summed E-state index contributed by atoms with van der Waals surface area (Å²) in [6.45, 7) is 3.58. The van der Waals surface area contributed by atoms with E-state index in [0.717, 1.165) is 12.8 Å². The lowest BCUT2D eigenvalue weighted by molar-refractivity contribution is -0.159. The number of Topliss-reactive ketones (excluding diaryl/α,β-unsaturated/α-hetero) is 1. The van der Waals surface area contributed by atoms with Gasteiger partial charge in [-0.15, -0.1) is 0 Å². The zero-order valence-corrected chi connectivity index (χ0v) is 15.7. The number of benzene rings is 1. The maximum atomic E-state index is 12.5. The van der Waals surface area contributed by atoms with E-state index in [9.17, 15) is 14.4 Å². The van der Waals surface area contributed by atoms with Crippen LogP contribution in [0.5, 0.6) is 0 Å². The molecule has 0 bridgehead atoms. The van der Waals surface area contributed by atoms with Gasteiger partial charge in [-0.2, -0.15) is 0 Å². The monoisotopic (exact) mass is 385 g/mol. The van der Waals surface area contributed by atoms with E-state index in [1.807, 2.05) is 0 Å². The number of hydrogen-bond donors (Lipinski definition) is 1. The summed E-state index contributed by atoms with van der Waals surface area (Å²) >= 11 is 11.9. The minimum absolute atomic E-state index is 0.0609. The molecule has 0 spiro atoms. The van der Waals surface area contributed by atoms with Crippen LogP contribution in [-0.2, 0) is 14.3 Å². The number of carbonyl (C=O) groups is 3. The van der Waals surface area contributed by atoms with Gasteiger partial charge in [0.15, 0.2) is 11.9 Å². The van der Waals surface area contributed by atoms with Crippen LogP contribution in [0.25, 0.3) is 0 Å². The van der Waals surface area contributed by atoms with Gasteiger partial charge in [-0.1, -0.05) is 37.0 Å². The van der Waals surface area contributed by atoms with Gasteiger partial charge >= 0.3 is 5.97 Å². The number of nitrogens with one attached hydrogen (secondary N) is 1. The molecular formula is C18H21Cl2NO4. The molecule has 136 valence electrons. The molecule has 0 saturated heterocycles. The molecule has 1 aliphatic carbocycles. The fourth-order valence-electron chi connectivity index (χ4n) is 2.68. The van der Waals surface area contributed by atoms with Gasteiger partial charge in [0.05, 0.1) is 10.6 Å². The quantitative estimate of drug-likeness (QED) is 0.782. The van der Waals surface area contributed by atoms with Gasteiger partial charge in [0.25, 0.3) is 5.91 Å². The van der Waals surface area contributed by atoms with Gasteiger partial charge in [-0.05, 0) is 43.4 Å². The Morgan fingerprint density at radius 3 is 2.56 bits per heavy atom. The van der Waals surface area contributed by atoms with Crippen LogP contribution in [0.15, 0.2) is 18.2 Å². The molecule has 7 heteroatoms. The number of ether oxygens (including phenoxy) is 1. The van der Waals surface area contributed by atoms with E-state index in [1.54, 1.807) is 19.9 Å². The number of esters is 1. The maximum Gasteiger partial charge on any atom is 0.329 e. The molecule has 25 heavy (non-hydrogen) atoms. The van der Waals surface area contributed by atoms with Crippen LogP contribution in [0, 0.1) is 5.92 Å². The Labute approximate surface area is 157 Å². The molecular weight excluding hydrogens is 365 g/mol. The van der Waals surface area contributed by atoms with Gasteiger partial charge in [0.2, 0.25) is 0 Å². The van der Waals surface area contributed by atoms with E-state index in [1.165, 1.54) is 12.1 Å². The number of halogens is 2. The van der Waals surface area contributed by atoms with E-state index in [-0.39, 0.29) is 22.3 Å². The topological polar surface area (TPSA) is 72.5 Å². The van der Waals surface area contributed by atoms with Crippen LogP contribution in [0.4, 0.5) is 0 Å². The van der Waals surface area contributed by atoms with Crippen molar-refractivity contribution in [3.8, 4) is 0 Å². The number of ketones is 1. The molecule has 0 aliphatic heterocycles. The van der Waals surface area contributed by atoms with Gasteiger partial charge in [0.1, 0.15) is 6.04 Å². The average molecular weight is 386 g/mol. The fourth-order valence-corrected chi connectivity index (χ4v) is 3.17. The van der Waals surface area contributed by atoms with Gasteiger partial charge in [-0.25, -0.2) is 4.79 Å². The van der Waals surface area contributed by atoms with Crippen LogP contribution >= 0.6 is 23.2 Å². The average Bonchev–Trinajstić information content (AvgIpc) is 2.54. The highest BCUT2D eigenvalue weighted by Gasteiger charge is 2.32. The standard InChI is InChI=1S/C18H21Cl2NO4/c1-10(2)16(18(24)25-15-6-4-3-5-14(15)22)21-17(23)12-8-7-11(19)9-13(12)20/h7-10,15-16H,3-6H2,1-2H3,(H,21,23). The Kier molecular flexibility index (Phi) is 6.85. The second-order valence-corrected chi connectivity index (χ2v) is 7.30. The smallest absolute Gasteiger partial charge is 0.329 e. The van der Waals surface area contributed by atoms with E-state index in [4.69, 9.17) is 27.9 Å². The van der Waals surface area contributed by atoms with Crippen molar-refractivity contribution in [2.24, 2.45) is 5.92 Å². The van der Waals surface area contributed by atoms with Crippen molar-refractivity contribution >= 4 is 40.9 Å². The summed E-state index contributed by atoms with van der Waals surface area (Å²) in [6.07, 6.45) is 1.93. The van der Waals surface area contributed by atoms with Crippen molar-refractivity contribution < 1.29 is 19.1 Å². The summed E-state index contributed by atoms with van der Waals surface area (Å²) in [6, 6.07) is 3.63. The van der Waals surface area contributed by atoms with E-state index >= 15 is 0 Å². The van der Waals surface area contributed by atoms with Crippen LogP contribution in [-0.4, -0.2) is 29.8 Å². The predicted octanol–water partition coefficient (Wildman–Crippen LogP) is 3.80. The molecule has 1 aliphatic rings. The molecule has 2 rings (SSSR count). The lowest BCUT2D eigenvalue weighted by atomic mass is 9.96. The molecule has 0 radical (unpaired) electrons. The molecule has 2 unspecified atom stereocenters. The highest BCUT2D eigenvalue weighted by molar-refractivity contribution is 6.36. The Morgan fingerprint density at radius 1 is 1.24 bits per heavy atom. The zero-order valence-electron chi connectivity index (χ0n) is 14.2. The van der Waals surface area contributed by atoms with Gasteiger partial charge in [0, 0.05) is 11.4 Å². The van der Waals surface area contributed by atoms with Crippen LogP contribution in [0.3, 0.4) is 0 Å². The van der Waals surface area contributed by atoms with Crippen molar-refractivity contribution in [1.29, 1.82) is 0 Å². The Bertz CT molecular complexity index is 675. The van der Waals surface area contributed by atoms with Crippen molar-refractivity contribution in [3.63, 3.8) is 0 Å². The third kappa shape index (κ3) is 5.19. The lowest BCUT2D eigenvalue weighted by Crippen LogP contribution is -2.47. The van der Waals surface area contributed by atoms with Gasteiger partial charge in [-0.3, -0.25) is 9.59 Å². The first-order valence-electron chi connectivity index (χ1n) is 8.28. The predicted molar refractivity (Wildman–Crippen MR) is 95.9 cm³/mol. The second kappa shape index (κ2) is 8.68. The summed E-state index contributed by atoms with van der Waals surface area (Å²) in [5, 5.41) is 3.26. The summed E-state index contributed by atoms with van der Waals surface area (Å²) in [4.78, 5) is 36.7. The minimum Gasteiger partial charge on any atom is -0.453 e. The SMILES string of the molecule is CC(C)C(NC(=O)c1ccc(Cl)cc1Cl)C(=O)OC1CCCCC1=O. The molecule has 2 atom stereocenters. The van der Waals surface area contributed by atoms with Crippen molar-refractivity contribution in [2.45, 2.75) is 51.7 Å². The van der Waals surface area contributed by atoms with Crippen molar-refractivity contribution in [1.82, 2.24) is 5.32 Å². The molecule has 1 amide bonds. The molecule has 0 aromatic heterocycles. The third-order valence-electron chi connectivity index (χ3n) is 4.14. The van der Waals surface area contributed by atoms with E-state index in [0.29, 0.717) is 17.9 Å². The Morgan fingerprint density at radius 2 is 1.96 bits per heavy atom. The van der Waals surface area contributed by atoms with Crippen molar-refractivity contribution in [3.05, 3.63) is 33.8 Å². The molecule has 1 aromatic carbocycles. The zero-order chi connectivity index (χ0) is 18.6. The highest BCUT2D eigenvalue weighted by Crippen LogP contribution is 2.22. The van der Waals surface area contributed by atoms with Gasteiger partial charge < -0.3 is 10.1 Å². The fraction of sp³-hybridized carbons (Fsp3) is 0.500. The Balaban J connectivity index is 2.07. The van der Waals surface area contributed by atoms with Crippen LogP contribution < -0.4 is 5.32 Å². The van der Waals surface area contributed by atoms with Crippen molar-refractivity contribution in [2.75, 3.05) is 0 Å². The van der Waals surface area contributed by atoms with E-state index < -0.39 is 24.0 Å². The number of amides is 1. The summed E-state index contributed by atoms with van der Waals surface area (Å²) < 4.78 is 5.36. The van der Waals surface area contributed by atoms with E-state index in [2.05, 4.69) is 5.32 Å². The first-order chi connectivity index (χ1) is 11.8. The molecule has 1 N–H and O–H groups in total. The molecule has 1 saturated carbocycles. The third-order valence-corrected chi connectivity index (χ3v) is 4.69. The number of hydrogen-bond acceptors (Lipinski definition) is 4. The lowest BCUT2D eigenvalue weighted by Gasteiger charge is -2.26. The maximum absolute atomic E-state index is 12.5. The first-order valence-corrected chi connectivity index (χ1v) is 9.04. The normalized spacial score (nSPS) is 18.8. The first kappa shape index (κ1) is 19.7. The minimum atomic E-state index is -0.867. The van der Waals surface area contributed by atoms with Crippen LogP contribution in [0.1, 0.15) is 49.9 Å². The number of carbonyl (C=O) groups excluding carboxylic acids is 3. The Hall–Kier alpha value is -1.59. The molecule has 0 heterocycles. The summed E-state index contributed by atoms with van der Waals surface area (Å²) in [5.41, 5.74) is 0.221. The van der Waals surface area contributed by atoms with Crippen LogP contribution in [0.2, 0.25) is 10.0 Å². The summed E-state index contributed by atoms with van der Waals surface area (Å²) in [7, 11) is 0. The molecule has 1 aromatic rings. The molecule has 5 nitrogen and oxygen atoms in total. The molecule has 1 fully saturated rings. The highest BCUT2D eigenvalue weighted by atomic mass is 35.5. The second-order valence-electron chi connectivity index (χ2n) is 6.46. The number of rotatable bonds is 5.